The largest absolute Gasteiger partial charge is 0.333 e. The van der Waals surface area contributed by atoms with Crippen LogP contribution in [0.5, 0.6) is 0 Å². The maximum absolute atomic E-state index is 13.0. The summed E-state index contributed by atoms with van der Waals surface area (Å²) in [4.78, 5) is 28.8. The van der Waals surface area contributed by atoms with E-state index < -0.39 is 0 Å². The van der Waals surface area contributed by atoms with Crippen LogP contribution < -0.4 is 4.90 Å². The van der Waals surface area contributed by atoms with Gasteiger partial charge in [-0.2, -0.15) is 0 Å². The minimum Gasteiger partial charge on any atom is -0.295 e. The summed E-state index contributed by atoms with van der Waals surface area (Å²) in [6.07, 6.45) is 0. The zero-order valence-electron chi connectivity index (χ0n) is 13.0. The van der Waals surface area contributed by atoms with E-state index in [0.717, 1.165) is 15.6 Å². The molecular weight excluding hydrogens is 388 g/mol. The lowest BCUT2D eigenvalue weighted by Gasteiger charge is -2.23. The van der Waals surface area contributed by atoms with Crippen LogP contribution >= 0.6 is 27.7 Å². The fourth-order valence-corrected chi connectivity index (χ4v) is 4.86. The number of nitrogens with zero attached hydrogens (tertiary/aromatic N) is 2. The third-order valence-electron chi connectivity index (χ3n) is 4.33. The molecule has 0 radical (unpaired) electrons. The first-order chi connectivity index (χ1) is 11.6. The molecule has 4 nitrogen and oxygen atoms in total. The van der Waals surface area contributed by atoms with Crippen molar-refractivity contribution in [1.82, 2.24) is 4.90 Å². The van der Waals surface area contributed by atoms with Crippen molar-refractivity contribution >= 4 is 45.3 Å². The van der Waals surface area contributed by atoms with E-state index in [2.05, 4.69) is 15.9 Å². The van der Waals surface area contributed by atoms with E-state index in [1.165, 1.54) is 4.90 Å². The molecule has 2 aromatic rings. The molecule has 0 aliphatic carbocycles. The molecule has 6 heteroatoms. The first-order valence-electron chi connectivity index (χ1n) is 7.66. The quantitative estimate of drug-likeness (QED) is 0.701. The number of fused-ring (bicyclic) bond motifs is 1. The highest BCUT2D eigenvalue weighted by Gasteiger charge is 2.53. The second kappa shape index (κ2) is 5.93. The molecule has 24 heavy (non-hydrogen) atoms. The standard InChI is InChI=1S/C18H15BrN2O2S/c1-11-3-2-4-14(9-11)20-16(22)15-10-24-17(21(15)18(20)23)12-5-7-13(19)8-6-12/h2-9,15,17H,10H2,1H3/t15-,17-/m1/s1. The van der Waals surface area contributed by atoms with Crippen LogP contribution in [0.15, 0.2) is 53.0 Å². The Hall–Kier alpha value is -1.79. The lowest BCUT2D eigenvalue weighted by molar-refractivity contribution is -0.119. The summed E-state index contributed by atoms with van der Waals surface area (Å²) in [7, 11) is 0. The van der Waals surface area contributed by atoms with Crippen molar-refractivity contribution in [2.24, 2.45) is 0 Å². The third-order valence-corrected chi connectivity index (χ3v) is 6.18. The van der Waals surface area contributed by atoms with Gasteiger partial charge in [0.25, 0.3) is 5.91 Å². The summed E-state index contributed by atoms with van der Waals surface area (Å²) in [5, 5.41) is -0.116. The lowest BCUT2D eigenvalue weighted by atomic mass is 10.2. The Morgan fingerprint density at radius 1 is 1.12 bits per heavy atom. The molecule has 0 bridgehead atoms. The van der Waals surface area contributed by atoms with Gasteiger partial charge in [-0.25, -0.2) is 9.69 Å². The molecule has 2 aliphatic rings. The fraction of sp³-hybridized carbons (Fsp3) is 0.222. The second-order valence-corrected chi connectivity index (χ2v) is 7.98. The van der Waals surface area contributed by atoms with Crippen LogP contribution in [0, 0.1) is 6.92 Å². The Bertz CT molecular complexity index is 824. The van der Waals surface area contributed by atoms with Gasteiger partial charge >= 0.3 is 6.03 Å². The summed E-state index contributed by atoms with van der Waals surface area (Å²) >= 11 is 5.07. The van der Waals surface area contributed by atoms with Crippen molar-refractivity contribution in [3.63, 3.8) is 0 Å². The Kier molecular flexibility index (Phi) is 3.89. The van der Waals surface area contributed by atoms with Gasteiger partial charge in [-0.15, -0.1) is 11.8 Å². The fourth-order valence-electron chi connectivity index (χ4n) is 3.18. The molecule has 0 saturated carbocycles. The number of aryl methyl sites for hydroxylation is 1. The normalized spacial score (nSPS) is 23.1. The van der Waals surface area contributed by atoms with E-state index in [1.807, 2.05) is 55.5 Å². The number of carbonyl (C=O) groups excluding carboxylic acids is 2. The highest BCUT2D eigenvalue weighted by Crippen LogP contribution is 2.46. The molecule has 2 atom stereocenters. The van der Waals surface area contributed by atoms with E-state index in [-0.39, 0.29) is 23.4 Å². The van der Waals surface area contributed by atoms with Crippen LogP contribution in [-0.2, 0) is 4.79 Å². The summed E-state index contributed by atoms with van der Waals surface area (Å²) < 4.78 is 0.996. The van der Waals surface area contributed by atoms with Crippen LogP contribution in [0.3, 0.4) is 0 Å². The van der Waals surface area contributed by atoms with Crippen molar-refractivity contribution in [3.8, 4) is 0 Å². The van der Waals surface area contributed by atoms with E-state index in [4.69, 9.17) is 0 Å². The van der Waals surface area contributed by atoms with Gasteiger partial charge in [0.2, 0.25) is 0 Å². The number of urea groups is 1. The van der Waals surface area contributed by atoms with Crippen molar-refractivity contribution in [3.05, 3.63) is 64.1 Å². The van der Waals surface area contributed by atoms with Crippen LogP contribution in [-0.4, -0.2) is 28.6 Å². The molecule has 0 aromatic heterocycles. The summed E-state index contributed by atoms with van der Waals surface area (Å²) in [6, 6.07) is 14.8. The minimum absolute atomic E-state index is 0.116. The van der Waals surface area contributed by atoms with Crippen molar-refractivity contribution in [1.29, 1.82) is 0 Å². The van der Waals surface area contributed by atoms with Crippen molar-refractivity contribution in [2.45, 2.75) is 18.3 Å². The van der Waals surface area contributed by atoms with E-state index >= 15 is 0 Å². The number of benzene rings is 2. The molecule has 0 spiro atoms. The smallest absolute Gasteiger partial charge is 0.295 e. The highest BCUT2D eigenvalue weighted by atomic mass is 79.9. The number of hydrogen-bond donors (Lipinski definition) is 0. The van der Waals surface area contributed by atoms with Gasteiger partial charge in [-0.05, 0) is 42.3 Å². The molecule has 2 aromatic carbocycles. The Morgan fingerprint density at radius 3 is 2.58 bits per heavy atom. The predicted molar refractivity (Wildman–Crippen MR) is 99.0 cm³/mol. The third kappa shape index (κ3) is 2.45. The highest BCUT2D eigenvalue weighted by molar-refractivity contribution is 9.10. The van der Waals surface area contributed by atoms with Gasteiger partial charge in [0.15, 0.2) is 0 Å². The molecule has 2 saturated heterocycles. The molecule has 4 rings (SSSR count). The number of rotatable bonds is 2. The summed E-state index contributed by atoms with van der Waals surface area (Å²) in [5.41, 5.74) is 2.72. The van der Waals surface area contributed by atoms with Crippen LogP contribution in [0.25, 0.3) is 0 Å². The number of carbonyl (C=O) groups is 2. The van der Waals surface area contributed by atoms with Gasteiger partial charge in [-0.3, -0.25) is 9.69 Å². The predicted octanol–water partition coefficient (Wildman–Crippen LogP) is 4.34. The molecule has 2 fully saturated rings. The van der Waals surface area contributed by atoms with E-state index in [9.17, 15) is 9.59 Å². The maximum atomic E-state index is 13.0. The monoisotopic (exact) mass is 402 g/mol. The molecule has 2 aliphatic heterocycles. The average molecular weight is 403 g/mol. The average Bonchev–Trinajstić information content (AvgIpc) is 3.09. The zero-order valence-corrected chi connectivity index (χ0v) is 15.4. The van der Waals surface area contributed by atoms with Gasteiger partial charge in [0.05, 0.1) is 5.69 Å². The topological polar surface area (TPSA) is 40.6 Å². The number of halogens is 1. The van der Waals surface area contributed by atoms with Gasteiger partial charge < -0.3 is 0 Å². The number of amides is 3. The van der Waals surface area contributed by atoms with Crippen molar-refractivity contribution in [2.75, 3.05) is 10.7 Å². The summed E-state index contributed by atoms with van der Waals surface area (Å²) in [5.74, 6) is 0.505. The van der Waals surface area contributed by atoms with Gasteiger partial charge in [0.1, 0.15) is 11.4 Å². The van der Waals surface area contributed by atoms with E-state index in [0.29, 0.717) is 11.4 Å². The Labute approximate surface area is 152 Å². The van der Waals surface area contributed by atoms with Gasteiger partial charge in [0, 0.05) is 10.2 Å². The number of anilines is 1. The number of thioether (sulfide) groups is 1. The van der Waals surface area contributed by atoms with Crippen LogP contribution in [0.4, 0.5) is 10.5 Å². The number of hydrogen-bond acceptors (Lipinski definition) is 3. The number of imide groups is 1. The van der Waals surface area contributed by atoms with Crippen molar-refractivity contribution < 1.29 is 9.59 Å². The minimum atomic E-state index is -0.378. The Balaban J connectivity index is 1.69. The zero-order chi connectivity index (χ0) is 16.8. The van der Waals surface area contributed by atoms with Crippen LogP contribution in [0.2, 0.25) is 0 Å². The van der Waals surface area contributed by atoms with E-state index in [1.54, 1.807) is 16.7 Å². The first kappa shape index (κ1) is 15.7. The first-order valence-corrected chi connectivity index (χ1v) is 9.50. The summed E-state index contributed by atoms with van der Waals surface area (Å²) in [6.45, 7) is 1.95. The molecule has 0 N–H and O–H groups in total. The maximum Gasteiger partial charge on any atom is 0.333 e. The Morgan fingerprint density at radius 2 is 1.88 bits per heavy atom. The molecule has 0 unspecified atom stereocenters. The second-order valence-electron chi connectivity index (χ2n) is 5.96. The molecule has 122 valence electrons. The lowest BCUT2D eigenvalue weighted by Crippen LogP contribution is -2.33. The van der Waals surface area contributed by atoms with Gasteiger partial charge in [-0.1, -0.05) is 40.2 Å². The molecule has 3 amide bonds. The molecular formula is C18H15BrN2O2S. The molecule has 2 heterocycles. The van der Waals surface area contributed by atoms with Crippen LogP contribution in [0.1, 0.15) is 16.5 Å². The SMILES string of the molecule is Cc1cccc(N2C(=O)[C@H]3CS[C@H](c4ccc(Br)cc4)N3C2=O)c1.